The number of nitro benzene ring substituents is 1. The van der Waals surface area contributed by atoms with Gasteiger partial charge in [-0.25, -0.2) is 4.98 Å². The minimum absolute atomic E-state index is 0.0351. The lowest BCUT2D eigenvalue weighted by atomic mass is 9.95. The van der Waals surface area contributed by atoms with Gasteiger partial charge in [-0.3, -0.25) is 10.1 Å². The summed E-state index contributed by atoms with van der Waals surface area (Å²) < 4.78 is 2.09. The van der Waals surface area contributed by atoms with Crippen molar-refractivity contribution in [2.45, 2.75) is 51.2 Å². The number of fused-ring (bicyclic) bond motifs is 1. The van der Waals surface area contributed by atoms with Gasteiger partial charge in [0.05, 0.1) is 16.0 Å². The maximum absolute atomic E-state index is 10.9. The Morgan fingerprint density at radius 1 is 1.38 bits per heavy atom. The molecular weight excluding hydrogens is 270 g/mol. The predicted molar refractivity (Wildman–Crippen MR) is 79.1 cm³/mol. The zero-order valence-electron chi connectivity index (χ0n) is 12.0. The number of aliphatic hydroxyl groups is 1. The molecule has 1 aromatic carbocycles. The van der Waals surface area contributed by atoms with Crippen LogP contribution in [0.1, 0.15) is 57.0 Å². The second-order valence-electron chi connectivity index (χ2n) is 5.74. The predicted octanol–water partition coefficient (Wildman–Crippen LogP) is 3.50. The van der Waals surface area contributed by atoms with Crippen molar-refractivity contribution >= 4 is 16.7 Å². The molecule has 0 aliphatic heterocycles. The molecule has 21 heavy (non-hydrogen) atoms. The molecule has 0 amide bonds. The first kappa shape index (κ1) is 14.0. The van der Waals surface area contributed by atoms with Crippen molar-refractivity contribution < 1.29 is 10.0 Å². The van der Waals surface area contributed by atoms with Crippen LogP contribution in [0.3, 0.4) is 0 Å². The molecule has 0 bridgehead atoms. The van der Waals surface area contributed by atoms with Gasteiger partial charge in [-0.05, 0) is 25.8 Å². The van der Waals surface area contributed by atoms with E-state index in [1.165, 1.54) is 31.4 Å². The summed E-state index contributed by atoms with van der Waals surface area (Å²) in [6.07, 6.45) is 5.06. The van der Waals surface area contributed by atoms with Crippen LogP contribution in [0.5, 0.6) is 0 Å². The molecular formula is C15H19N3O3. The Hall–Kier alpha value is -1.95. The molecule has 6 nitrogen and oxygen atoms in total. The van der Waals surface area contributed by atoms with Gasteiger partial charge in [-0.2, -0.15) is 0 Å². The molecule has 1 fully saturated rings. The zero-order chi connectivity index (χ0) is 15.0. The van der Waals surface area contributed by atoms with Crippen molar-refractivity contribution in [2.24, 2.45) is 0 Å². The number of rotatable bonds is 3. The number of aromatic nitrogens is 2. The Labute approximate surface area is 122 Å². The molecule has 0 unspecified atom stereocenters. The standard InChI is InChI=1S/C15H19N3O3/c1-10(19)15-16-13-9-12(18(20)21)7-8-14(13)17(15)11-5-3-2-4-6-11/h7-11,19H,2-6H2,1H3/t10-/m0/s1. The summed E-state index contributed by atoms with van der Waals surface area (Å²) in [5, 5.41) is 20.9. The van der Waals surface area contributed by atoms with Crippen molar-refractivity contribution in [1.82, 2.24) is 9.55 Å². The molecule has 1 atom stereocenters. The summed E-state index contributed by atoms with van der Waals surface area (Å²) in [4.78, 5) is 14.9. The highest BCUT2D eigenvalue weighted by Gasteiger charge is 2.24. The van der Waals surface area contributed by atoms with Gasteiger partial charge in [0.15, 0.2) is 0 Å². The van der Waals surface area contributed by atoms with Crippen LogP contribution in [0.25, 0.3) is 11.0 Å². The molecule has 1 saturated carbocycles. The van der Waals surface area contributed by atoms with Crippen molar-refractivity contribution in [2.75, 3.05) is 0 Å². The smallest absolute Gasteiger partial charge is 0.271 e. The fourth-order valence-corrected chi connectivity index (χ4v) is 3.24. The first-order chi connectivity index (χ1) is 10.1. The average molecular weight is 289 g/mol. The Kier molecular flexibility index (Phi) is 3.63. The van der Waals surface area contributed by atoms with E-state index in [1.807, 2.05) is 0 Å². The van der Waals surface area contributed by atoms with Crippen molar-refractivity contribution in [3.63, 3.8) is 0 Å². The van der Waals surface area contributed by atoms with E-state index in [0.29, 0.717) is 17.4 Å². The van der Waals surface area contributed by atoms with Crippen LogP contribution in [0.4, 0.5) is 5.69 Å². The van der Waals surface area contributed by atoms with Gasteiger partial charge in [0.25, 0.3) is 5.69 Å². The quantitative estimate of drug-likeness (QED) is 0.692. The number of non-ortho nitro benzene ring substituents is 1. The average Bonchev–Trinajstić information content (AvgIpc) is 2.86. The van der Waals surface area contributed by atoms with Crippen LogP contribution in [-0.4, -0.2) is 19.6 Å². The Bertz CT molecular complexity index is 672. The number of imidazole rings is 1. The molecule has 1 heterocycles. The number of benzene rings is 1. The summed E-state index contributed by atoms with van der Waals surface area (Å²) in [6.45, 7) is 1.69. The lowest BCUT2D eigenvalue weighted by molar-refractivity contribution is -0.384. The number of aliphatic hydroxyl groups excluding tert-OH is 1. The maximum Gasteiger partial charge on any atom is 0.271 e. The van der Waals surface area contributed by atoms with E-state index in [9.17, 15) is 15.2 Å². The highest BCUT2D eigenvalue weighted by Crippen LogP contribution is 2.34. The third kappa shape index (κ3) is 2.51. The van der Waals surface area contributed by atoms with E-state index in [1.54, 1.807) is 13.0 Å². The van der Waals surface area contributed by atoms with Crippen molar-refractivity contribution in [3.8, 4) is 0 Å². The largest absolute Gasteiger partial charge is 0.385 e. The molecule has 3 rings (SSSR count). The monoisotopic (exact) mass is 289 g/mol. The highest BCUT2D eigenvalue weighted by molar-refractivity contribution is 5.79. The number of hydrogen-bond acceptors (Lipinski definition) is 4. The van der Waals surface area contributed by atoms with Gasteiger partial charge in [0.1, 0.15) is 11.9 Å². The second kappa shape index (κ2) is 5.44. The van der Waals surface area contributed by atoms with Gasteiger partial charge in [-0.15, -0.1) is 0 Å². The van der Waals surface area contributed by atoms with Gasteiger partial charge in [0.2, 0.25) is 0 Å². The van der Waals surface area contributed by atoms with Crippen LogP contribution in [-0.2, 0) is 0 Å². The van der Waals surface area contributed by atoms with Gasteiger partial charge in [-0.1, -0.05) is 19.3 Å². The molecule has 0 spiro atoms. The first-order valence-corrected chi connectivity index (χ1v) is 7.42. The van der Waals surface area contributed by atoms with E-state index in [4.69, 9.17) is 0 Å². The van der Waals surface area contributed by atoms with Gasteiger partial charge < -0.3 is 9.67 Å². The summed E-state index contributed by atoms with van der Waals surface area (Å²) in [5.41, 5.74) is 1.50. The van der Waals surface area contributed by atoms with E-state index < -0.39 is 11.0 Å². The molecule has 1 aromatic heterocycles. The van der Waals surface area contributed by atoms with Crippen LogP contribution in [0.15, 0.2) is 18.2 Å². The third-order valence-electron chi connectivity index (χ3n) is 4.22. The van der Waals surface area contributed by atoms with Crippen LogP contribution in [0, 0.1) is 10.1 Å². The van der Waals surface area contributed by atoms with Crippen LogP contribution < -0.4 is 0 Å². The molecule has 1 aliphatic carbocycles. The molecule has 0 radical (unpaired) electrons. The van der Waals surface area contributed by atoms with E-state index in [2.05, 4.69) is 9.55 Å². The fourth-order valence-electron chi connectivity index (χ4n) is 3.24. The summed E-state index contributed by atoms with van der Waals surface area (Å²) in [7, 11) is 0. The Morgan fingerprint density at radius 3 is 2.71 bits per heavy atom. The fraction of sp³-hybridized carbons (Fsp3) is 0.533. The molecule has 112 valence electrons. The minimum Gasteiger partial charge on any atom is -0.385 e. The SMILES string of the molecule is C[C@H](O)c1nc2cc([N+](=O)[O-])ccc2n1C1CCCCC1. The molecule has 6 heteroatoms. The van der Waals surface area contributed by atoms with Crippen molar-refractivity contribution in [1.29, 1.82) is 0 Å². The van der Waals surface area contributed by atoms with Crippen LogP contribution in [0.2, 0.25) is 0 Å². The zero-order valence-corrected chi connectivity index (χ0v) is 12.0. The number of nitrogens with zero attached hydrogens (tertiary/aromatic N) is 3. The van der Waals surface area contributed by atoms with Gasteiger partial charge >= 0.3 is 0 Å². The maximum atomic E-state index is 10.9. The summed E-state index contributed by atoms with van der Waals surface area (Å²) in [5.74, 6) is 0.609. The number of nitro groups is 1. The normalized spacial score (nSPS) is 18.0. The molecule has 1 N–H and O–H groups in total. The van der Waals surface area contributed by atoms with Crippen molar-refractivity contribution in [3.05, 3.63) is 34.1 Å². The van der Waals surface area contributed by atoms with Gasteiger partial charge in [0, 0.05) is 18.2 Å². The highest BCUT2D eigenvalue weighted by atomic mass is 16.6. The van der Waals surface area contributed by atoms with E-state index >= 15 is 0 Å². The lowest BCUT2D eigenvalue weighted by Gasteiger charge is -2.26. The van der Waals surface area contributed by atoms with E-state index in [-0.39, 0.29) is 5.69 Å². The number of hydrogen-bond donors (Lipinski definition) is 1. The van der Waals surface area contributed by atoms with E-state index in [0.717, 1.165) is 18.4 Å². The minimum atomic E-state index is -0.682. The Morgan fingerprint density at radius 2 is 2.10 bits per heavy atom. The molecule has 0 saturated heterocycles. The molecule has 2 aromatic rings. The summed E-state index contributed by atoms with van der Waals surface area (Å²) >= 11 is 0. The lowest BCUT2D eigenvalue weighted by Crippen LogP contribution is -2.16. The first-order valence-electron chi connectivity index (χ1n) is 7.42. The topological polar surface area (TPSA) is 81.2 Å². The third-order valence-corrected chi connectivity index (χ3v) is 4.22. The second-order valence-corrected chi connectivity index (χ2v) is 5.74. The Balaban J connectivity index is 2.15. The molecule has 1 aliphatic rings. The summed E-state index contributed by atoms with van der Waals surface area (Å²) in [6, 6.07) is 5.08. The van der Waals surface area contributed by atoms with Crippen LogP contribution >= 0.6 is 0 Å².